The largest absolute Gasteiger partial charge is 0.361 e. The van der Waals surface area contributed by atoms with E-state index in [2.05, 4.69) is 85.7 Å². The number of rotatable bonds is 11. The number of aryl methyl sites for hydroxylation is 3. The predicted octanol–water partition coefficient (Wildman–Crippen LogP) is 4.92. The SMILES string of the molecule is CC(C)(N)C(=O)N[C@H](Cc1c[nH]c2ccccc12)c1nnc(CCc2ccccc2)n1CCc1ccccc1. The second-order valence-electron chi connectivity index (χ2n) is 10.7. The third-order valence-electron chi connectivity index (χ3n) is 7.10. The molecule has 7 nitrogen and oxygen atoms in total. The Morgan fingerprint density at radius 1 is 0.897 bits per heavy atom. The zero-order valence-electron chi connectivity index (χ0n) is 22.6. The van der Waals surface area contributed by atoms with Crippen LogP contribution in [0.4, 0.5) is 0 Å². The molecular weight excluding hydrogens is 484 g/mol. The Labute approximate surface area is 229 Å². The highest BCUT2D eigenvalue weighted by molar-refractivity contribution is 5.86. The number of carbonyl (C=O) groups is 1. The van der Waals surface area contributed by atoms with Crippen LogP contribution in [0.25, 0.3) is 10.9 Å². The number of aromatic amines is 1. The van der Waals surface area contributed by atoms with E-state index in [0.29, 0.717) is 13.0 Å². The fourth-order valence-electron chi connectivity index (χ4n) is 4.89. The molecule has 0 saturated heterocycles. The molecule has 1 atom stereocenters. The fraction of sp³-hybridized carbons (Fsp3) is 0.281. The average molecular weight is 521 g/mol. The van der Waals surface area contributed by atoms with Crippen molar-refractivity contribution < 1.29 is 4.79 Å². The van der Waals surface area contributed by atoms with E-state index >= 15 is 0 Å². The topological polar surface area (TPSA) is 102 Å². The average Bonchev–Trinajstić information content (AvgIpc) is 3.55. The third kappa shape index (κ3) is 6.44. The van der Waals surface area contributed by atoms with Crippen molar-refractivity contribution in [2.45, 2.75) is 57.7 Å². The standard InChI is InChI=1S/C32H36N6O/c1-32(2,33)31(39)35-28(21-25-22-34-27-16-10-9-15-26(25)27)30-37-36-29(18-17-23-11-5-3-6-12-23)38(30)20-19-24-13-7-4-8-14-24/h3-16,22,28,34H,17-21,33H2,1-2H3,(H,35,39)/t28-/m1/s1. The van der Waals surface area contributed by atoms with Crippen molar-refractivity contribution >= 4 is 16.8 Å². The third-order valence-corrected chi connectivity index (χ3v) is 7.10. The molecular formula is C32H36N6O. The minimum absolute atomic E-state index is 0.226. The van der Waals surface area contributed by atoms with Crippen LogP contribution >= 0.6 is 0 Å². The molecule has 1 amide bonds. The van der Waals surface area contributed by atoms with Gasteiger partial charge in [-0.25, -0.2) is 0 Å². The van der Waals surface area contributed by atoms with E-state index in [4.69, 9.17) is 5.73 Å². The molecule has 0 bridgehead atoms. The number of benzene rings is 3. The van der Waals surface area contributed by atoms with Gasteiger partial charge in [-0.05, 0) is 49.4 Å². The zero-order valence-corrected chi connectivity index (χ0v) is 22.6. The maximum atomic E-state index is 13.1. The van der Waals surface area contributed by atoms with Gasteiger partial charge in [0.1, 0.15) is 5.82 Å². The molecule has 7 heteroatoms. The number of nitrogens with one attached hydrogen (secondary N) is 2. The van der Waals surface area contributed by atoms with E-state index < -0.39 is 11.6 Å². The molecule has 0 saturated carbocycles. The first-order valence-corrected chi connectivity index (χ1v) is 13.5. The molecule has 0 aliphatic carbocycles. The molecule has 2 heterocycles. The van der Waals surface area contributed by atoms with E-state index in [1.807, 2.05) is 30.5 Å². The van der Waals surface area contributed by atoms with Gasteiger partial charge in [-0.15, -0.1) is 10.2 Å². The summed E-state index contributed by atoms with van der Waals surface area (Å²) in [5, 5.41) is 13.7. The Kier molecular flexibility index (Phi) is 7.89. The molecule has 0 fully saturated rings. The number of nitrogens with zero attached hydrogens (tertiary/aromatic N) is 3. The first-order chi connectivity index (χ1) is 18.9. The Hall–Kier alpha value is -4.23. The van der Waals surface area contributed by atoms with Gasteiger partial charge in [0, 0.05) is 36.5 Å². The molecule has 39 heavy (non-hydrogen) atoms. The highest BCUT2D eigenvalue weighted by Gasteiger charge is 2.29. The molecule has 5 rings (SSSR count). The zero-order chi connectivity index (χ0) is 27.2. The molecule has 4 N–H and O–H groups in total. The number of carbonyl (C=O) groups excluding carboxylic acids is 1. The molecule has 200 valence electrons. The normalized spacial score (nSPS) is 12.5. The smallest absolute Gasteiger partial charge is 0.240 e. The van der Waals surface area contributed by atoms with Gasteiger partial charge < -0.3 is 20.6 Å². The summed E-state index contributed by atoms with van der Waals surface area (Å²) in [7, 11) is 0. The Morgan fingerprint density at radius 2 is 1.54 bits per heavy atom. The highest BCUT2D eigenvalue weighted by atomic mass is 16.2. The number of hydrogen-bond acceptors (Lipinski definition) is 4. The van der Waals surface area contributed by atoms with Crippen LogP contribution in [0.3, 0.4) is 0 Å². The number of nitrogens with two attached hydrogens (primary N) is 1. The summed E-state index contributed by atoms with van der Waals surface area (Å²) in [6.07, 6.45) is 5.02. The van der Waals surface area contributed by atoms with Gasteiger partial charge in [-0.3, -0.25) is 4.79 Å². The van der Waals surface area contributed by atoms with Crippen molar-refractivity contribution in [3.8, 4) is 0 Å². The maximum Gasteiger partial charge on any atom is 0.240 e. The first-order valence-electron chi connectivity index (χ1n) is 13.5. The molecule has 0 unspecified atom stereocenters. The van der Waals surface area contributed by atoms with Gasteiger partial charge in [0.05, 0.1) is 11.6 Å². The second kappa shape index (κ2) is 11.7. The minimum atomic E-state index is -1.02. The lowest BCUT2D eigenvalue weighted by Crippen LogP contribution is -2.50. The first kappa shape index (κ1) is 26.4. The summed E-state index contributed by atoms with van der Waals surface area (Å²) in [5.74, 6) is 1.43. The van der Waals surface area contributed by atoms with Crippen LogP contribution in [-0.2, 0) is 37.0 Å². The summed E-state index contributed by atoms with van der Waals surface area (Å²) in [6, 6.07) is 28.6. The Morgan fingerprint density at radius 3 is 2.23 bits per heavy atom. The summed E-state index contributed by atoms with van der Waals surface area (Å²) in [6.45, 7) is 4.15. The van der Waals surface area contributed by atoms with Crippen LogP contribution in [0.5, 0.6) is 0 Å². The van der Waals surface area contributed by atoms with Crippen molar-refractivity contribution in [1.29, 1.82) is 0 Å². The lowest BCUT2D eigenvalue weighted by atomic mass is 10.0. The minimum Gasteiger partial charge on any atom is -0.361 e. The summed E-state index contributed by atoms with van der Waals surface area (Å²) in [5.41, 5.74) is 9.84. The number of fused-ring (bicyclic) bond motifs is 1. The van der Waals surface area contributed by atoms with Crippen molar-refractivity contribution in [2.24, 2.45) is 5.73 Å². The number of aromatic nitrogens is 4. The van der Waals surface area contributed by atoms with Gasteiger partial charge in [-0.2, -0.15) is 0 Å². The lowest BCUT2D eigenvalue weighted by Gasteiger charge is -2.25. The highest BCUT2D eigenvalue weighted by Crippen LogP contribution is 2.25. The van der Waals surface area contributed by atoms with E-state index in [0.717, 1.165) is 47.4 Å². The van der Waals surface area contributed by atoms with E-state index in [1.165, 1.54) is 11.1 Å². The lowest BCUT2D eigenvalue weighted by molar-refractivity contribution is -0.126. The summed E-state index contributed by atoms with van der Waals surface area (Å²) in [4.78, 5) is 16.5. The quantitative estimate of drug-likeness (QED) is 0.230. The van der Waals surface area contributed by atoms with Crippen LogP contribution in [-0.4, -0.2) is 31.2 Å². The van der Waals surface area contributed by atoms with Gasteiger partial charge in [0.2, 0.25) is 5.91 Å². The Bertz CT molecular complexity index is 1510. The van der Waals surface area contributed by atoms with Crippen LogP contribution in [0, 0.1) is 0 Å². The fourth-order valence-corrected chi connectivity index (χ4v) is 4.89. The number of hydrogen-bond donors (Lipinski definition) is 3. The molecule has 0 spiro atoms. The monoisotopic (exact) mass is 520 g/mol. The van der Waals surface area contributed by atoms with Gasteiger partial charge in [0.25, 0.3) is 0 Å². The van der Waals surface area contributed by atoms with Crippen molar-refractivity contribution in [1.82, 2.24) is 25.1 Å². The van der Waals surface area contributed by atoms with Crippen LogP contribution in [0.2, 0.25) is 0 Å². The van der Waals surface area contributed by atoms with E-state index in [9.17, 15) is 4.79 Å². The van der Waals surface area contributed by atoms with Gasteiger partial charge in [-0.1, -0.05) is 78.9 Å². The van der Waals surface area contributed by atoms with Gasteiger partial charge >= 0.3 is 0 Å². The van der Waals surface area contributed by atoms with Crippen LogP contribution in [0.15, 0.2) is 91.1 Å². The van der Waals surface area contributed by atoms with Crippen LogP contribution < -0.4 is 11.1 Å². The number of para-hydroxylation sites is 1. The molecule has 3 aromatic carbocycles. The predicted molar refractivity (Wildman–Crippen MR) is 155 cm³/mol. The Balaban J connectivity index is 1.50. The summed E-state index contributed by atoms with van der Waals surface area (Å²) >= 11 is 0. The molecule has 0 aliphatic rings. The van der Waals surface area contributed by atoms with Crippen molar-refractivity contribution in [2.75, 3.05) is 0 Å². The van der Waals surface area contributed by atoms with E-state index in [-0.39, 0.29) is 5.91 Å². The van der Waals surface area contributed by atoms with E-state index in [1.54, 1.807) is 13.8 Å². The van der Waals surface area contributed by atoms with Crippen LogP contribution in [0.1, 0.15) is 48.2 Å². The van der Waals surface area contributed by atoms with Gasteiger partial charge in [0.15, 0.2) is 5.82 Å². The molecule has 0 aliphatic heterocycles. The van der Waals surface area contributed by atoms with Crippen molar-refractivity contribution in [3.05, 3.63) is 119 Å². The molecule has 0 radical (unpaired) electrons. The maximum absolute atomic E-state index is 13.1. The summed E-state index contributed by atoms with van der Waals surface area (Å²) < 4.78 is 2.19. The van der Waals surface area contributed by atoms with Crippen molar-refractivity contribution in [3.63, 3.8) is 0 Å². The second-order valence-corrected chi connectivity index (χ2v) is 10.7. The number of amides is 1. The number of H-pyrrole nitrogens is 1. The molecule has 2 aromatic heterocycles. The molecule has 5 aromatic rings.